The Hall–Kier alpha value is -2.79. The number of thiocarbonyl (C=S) groups is 1. The monoisotopic (exact) mass is 487 g/mol. The van der Waals surface area contributed by atoms with Crippen molar-refractivity contribution >= 4 is 29.2 Å². The minimum atomic E-state index is 0. The minimum Gasteiger partial charge on any atom is -0.590 e. The third-order valence-electron chi connectivity index (χ3n) is 3.25. The maximum Gasteiger partial charge on any atom is 2.00 e. The number of rotatable bonds is 4. The van der Waals surface area contributed by atoms with E-state index in [1.165, 1.54) is 13.3 Å². The van der Waals surface area contributed by atoms with Gasteiger partial charge in [-0.1, -0.05) is 30.3 Å². The van der Waals surface area contributed by atoms with Crippen LogP contribution in [-0.4, -0.2) is 28.5 Å². The summed E-state index contributed by atoms with van der Waals surface area (Å²) in [4.78, 5) is 3.78. The molecule has 6 nitrogen and oxygen atoms in total. The predicted molar refractivity (Wildman–Crippen MR) is 114 cm³/mol. The number of hydrogen-bond acceptors (Lipinski definition) is 4. The van der Waals surface area contributed by atoms with Gasteiger partial charge in [-0.25, -0.2) is 0 Å². The first kappa shape index (κ1) is 23.3. The number of hydrazone groups is 1. The summed E-state index contributed by atoms with van der Waals surface area (Å²) >= 11 is 5.13. The van der Waals surface area contributed by atoms with Crippen LogP contribution >= 0.6 is 12.2 Å². The Balaban J connectivity index is 0.000000478. The number of benzene rings is 2. The molecule has 28 heavy (non-hydrogen) atoms. The topological polar surface area (TPSA) is 81.4 Å². The van der Waals surface area contributed by atoms with Crippen LogP contribution in [0.2, 0.25) is 0 Å². The molecule has 0 aliphatic rings. The fourth-order valence-corrected chi connectivity index (χ4v) is 2.15. The summed E-state index contributed by atoms with van der Waals surface area (Å²) in [5, 5.41) is 15.3. The Bertz CT molecular complexity index is 838. The largest absolute Gasteiger partial charge is 2.00 e. The number of aromatic nitrogens is 1. The van der Waals surface area contributed by atoms with Gasteiger partial charge in [0.25, 0.3) is 0 Å². The maximum absolute atomic E-state index is 7.92. The number of nitrogens with zero attached hydrogens (tertiary/aromatic N) is 2. The summed E-state index contributed by atoms with van der Waals surface area (Å²) in [5.74, 6) is 0.788. The summed E-state index contributed by atoms with van der Waals surface area (Å²) in [5.41, 5.74) is 4.24. The van der Waals surface area contributed by atoms with Crippen molar-refractivity contribution in [1.29, 1.82) is 0 Å². The number of hydrogen-bond donors (Lipinski definition) is 2. The molecule has 0 aliphatic heterocycles. The van der Waals surface area contributed by atoms with Gasteiger partial charge < -0.3 is 15.2 Å². The zero-order chi connectivity index (χ0) is 19.3. The normalized spacial score (nSPS) is 9.46. The molecular weight excluding hydrogens is 467 g/mol. The quantitative estimate of drug-likeness (QED) is 0.193. The Morgan fingerprint density at radius 1 is 1.04 bits per heavy atom. The van der Waals surface area contributed by atoms with Crippen molar-refractivity contribution in [1.82, 2.24) is 10.4 Å². The van der Waals surface area contributed by atoms with Gasteiger partial charge in [-0.15, -0.1) is 0 Å². The second-order valence-electron chi connectivity index (χ2n) is 5.14. The molecule has 0 unspecified atom stereocenters. The second-order valence-corrected chi connectivity index (χ2v) is 5.55. The van der Waals surface area contributed by atoms with E-state index in [0.717, 1.165) is 5.69 Å². The number of pyridine rings is 1. The van der Waals surface area contributed by atoms with E-state index in [9.17, 15) is 0 Å². The average Bonchev–Trinajstić information content (AvgIpc) is 2.72. The van der Waals surface area contributed by atoms with Crippen LogP contribution in [0.4, 0.5) is 5.69 Å². The molecule has 0 bridgehead atoms. The fourth-order valence-electron chi connectivity index (χ4n) is 1.98. The van der Waals surface area contributed by atoms with E-state index < -0.39 is 0 Å². The molecule has 0 saturated carbocycles. The molecule has 8 heteroatoms. The van der Waals surface area contributed by atoms with Crippen molar-refractivity contribution in [3.05, 3.63) is 84.7 Å². The molecule has 0 spiro atoms. The zero-order valence-electron chi connectivity index (χ0n) is 15.1. The van der Waals surface area contributed by atoms with Crippen molar-refractivity contribution in [3.63, 3.8) is 0 Å². The number of ether oxygens (including phenoxy) is 1. The molecule has 0 atom stereocenters. The second kappa shape index (κ2) is 13.4. The van der Waals surface area contributed by atoms with Crippen molar-refractivity contribution in [3.8, 4) is 11.5 Å². The van der Waals surface area contributed by atoms with Crippen LogP contribution in [0.15, 0.2) is 84.2 Å². The molecule has 3 rings (SSSR count). The van der Waals surface area contributed by atoms with Crippen LogP contribution in [0.3, 0.4) is 0 Å². The van der Waals surface area contributed by atoms with Crippen LogP contribution in [0, 0.1) is 0 Å². The summed E-state index contributed by atoms with van der Waals surface area (Å²) in [7, 11) is 1.53. The fraction of sp³-hybridized carbons (Fsp3) is 0.0500. The van der Waals surface area contributed by atoms with Gasteiger partial charge in [0.05, 0.1) is 18.9 Å². The molecule has 146 valence electrons. The predicted octanol–water partition coefficient (Wildman–Crippen LogP) is 3.53. The van der Waals surface area contributed by atoms with Crippen molar-refractivity contribution < 1.29 is 30.3 Å². The zero-order valence-corrected chi connectivity index (χ0v) is 17.5. The van der Waals surface area contributed by atoms with Crippen molar-refractivity contribution in [2.24, 2.45) is 5.10 Å². The van der Waals surface area contributed by atoms with Crippen LogP contribution < -0.4 is 15.5 Å². The van der Waals surface area contributed by atoms with E-state index in [2.05, 4.69) is 20.8 Å². The first-order valence-corrected chi connectivity index (χ1v) is 8.50. The molecule has 2 aromatic carbocycles. The van der Waals surface area contributed by atoms with E-state index in [1.807, 2.05) is 48.5 Å². The summed E-state index contributed by atoms with van der Waals surface area (Å²) in [6.07, 6.45) is 5.03. The van der Waals surface area contributed by atoms with Crippen molar-refractivity contribution in [2.75, 3.05) is 12.4 Å². The van der Waals surface area contributed by atoms with Crippen LogP contribution in [0.5, 0.6) is 11.5 Å². The smallest absolute Gasteiger partial charge is 0.590 e. The molecule has 0 amide bonds. The van der Waals surface area contributed by atoms with E-state index in [0.29, 0.717) is 16.4 Å². The third kappa shape index (κ3) is 8.27. The van der Waals surface area contributed by atoms with Crippen LogP contribution in [-0.2, 0) is 20.4 Å². The van der Waals surface area contributed by atoms with Gasteiger partial charge >= 0.3 is 26.2 Å². The van der Waals surface area contributed by atoms with Gasteiger partial charge in [-0.05, 0) is 48.6 Å². The van der Waals surface area contributed by atoms with Gasteiger partial charge in [-0.2, -0.15) is 5.10 Å². The molecular formula is C20H21N4O2PdS+3. The Labute approximate surface area is 183 Å². The summed E-state index contributed by atoms with van der Waals surface area (Å²) < 4.78 is 5.08. The average molecular weight is 488 g/mol. The number of anilines is 1. The summed E-state index contributed by atoms with van der Waals surface area (Å²) in [6, 6.07) is 20.6. The maximum atomic E-state index is 7.92. The minimum absolute atomic E-state index is 0. The molecule has 4 N–H and O–H groups in total. The molecule has 0 saturated heterocycles. The Morgan fingerprint density at radius 3 is 2.29 bits per heavy atom. The molecule has 0 fully saturated rings. The number of methoxy groups -OCH3 is 1. The van der Waals surface area contributed by atoms with E-state index in [4.69, 9.17) is 22.1 Å². The first-order valence-electron chi connectivity index (χ1n) is 8.09. The van der Waals surface area contributed by atoms with Gasteiger partial charge in [0.1, 0.15) is 0 Å². The standard InChI is InChI=1S/C15H15N3O2S.C5H5N.Pd/c1-20-13-9-5-6-11(14(13)19)10-16-18-15(21)17-12-7-3-2-4-8-12;1-2-4-6-5-3-1;/h2-10,19H,1H3,(H2,17,18,21);1-5H;/q;;+2/p+1. The molecule has 1 heterocycles. The van der Waals surface area contributed by atoms with Gasteiger partial charge in [-0.3, -0.25) is 10.4 Å². The van der Waals surface area contributed by atoms with Gasteiger partial charge in [0.2, 0.25) is 5.75 Å². The summed E-state index contributed by atoms with van der Waals surface area (Å²) in [6.45, 7) is 0. The van der Waals surface area contributed by atoms with E-state index >= 15 is 0 Å². The molecule has 3 aromatic rings. The number of nitrogens with one attached hydrogen (secondary N) is 2. The SMILES string of the molecule is COc1cccc(C=NNC(=S)Nc2ccccc2)c1[OH2+].[Pd+2].c1ccncc1. The van der Waals surface area contributed by atoms with E-state index in [1.54, 1.807) is 30.6 Å². The Morgan fingerprint density at radius 2 is 1.71 bits per heavy atom. The van der Waals surface area contributed by atoms with Gasteiger partial charge in [0.15, 0.2) is 5.11 Å². The van der Waals surface area contributed by atoms with Crippen LogP contribution in [0.25, 0.3) is 0 Å². The molecule has 0 aliphatic carbocycles. The Kier molecular flexibility index (Phi) is 11.1. The molecule has 0 radical (unpaired) electrons. The first-order chi connectivity index (χ1) is 13.2. The number of para-hydroxylation sites is 2. The van der Waals surface area contributed by atoms with Gasteiger partial charge in [0, 0.05) is 18.1 Å². The van der Waals surface area contributed by atoms with E-state index in [-0.39, 0.29) is 26.2 Å². The molecule has 1 aromatic heterocycles. The third-order valence-corrected chi connectivity index (χ3v) is 3.44. The van der Waals surface area contributed by atoms with Crippen LogP contribution in [0.1, 0.15) is 5.56 Å². The van der Waals surface area contributed by atoms with Crippen molar-refractivity contribution in [2.45, 2.75) is 0 Å².